The van der Waals surface area contributed by atoms with Crippen molar-refractivity contribution < 1.29 is 0 Å². The van der Waals surface area contributed by atoms with Crippen molar-refractivity contribution in [3.63, 3.8) is 0 Å². The molecule has 0 saturated carbocycles. The highest BCUT2D eigenvalue weighted by Gasteiger charge is 2.10. The lowest BCUT2D eigenvalue weighted by Crippen LogP contribution is -2.14. The fourth-order valence-electron chi connectivity index (χ4n) is 1.81. The summed E-state index contributed by atoms with van der Waals surface area (Å²) in [7, 11) is 2.08. The summed E-state index contributed by atoms with van der Waals surface area (Å²) < 4.78 is 0. The summed E-state index contributed by atoms with van der Waals surface area (Å²) in [6, 6.07) is 8.37. The Kier molecular flexibility index (Phi) is 2.50. The Hall–Kier alpha value is -0.960. The number of H-pyrrole nitrogens is 1. The molecule has 2 rings (SSSR count). The molecule has 0 fully saturated rings. The van der Waals surface area contributed by atoms with Crippen molar-refractivity contribution in [1.82, 2.24) is 4.98 Å². The quantitative estimate of drug-likeness (QED) is 0.642. The minimum Gasteiger partial charge on any atom is -0.363 e. The molecule has 3 heteroatoms. The maximum absolute atomic E-state index is 3.47. The highest BCUT2D eigenvalue weighted by Crippen LogP contribution is 2.29. The molecule has 0 unspecified atom stereocenters. The predicted octanol–water partition coefficient (Wildman–Crippen LogP) is 3.26. The van der Waals surface area contributed by atoms with Crippen LogP contribution < -0.4 is 4.90 Å². The van der Waals surface area contributed by atoms with Gasteiger partial charge in [0.05, 0.1) is 11.1 Å². The van der Waals surface area contributed by atoms with Crippen molar-refractivity contribution in [2.24, 2.45) is 0 Å². The summed E-state index contributed by atoms with van der Waals surface area (Å²) >= 11 is 3.47. The van der Waals surface area contributed by atoms with E-state index in [9.17, 15) is 0 Å². The number of rotatable bonds is 2. The van der Waals surface area contributed by atoms with Crippen molar-refractivity contribution in [2.75, 3.05) is 17.4 Å². The molecule has 0 radical (unpaired) electrons. The molecule has 1 aromatic carbocycles. The minimum absolute atomic E-state index is 0.843. The Bertz CT molecular complexity index is 447. The third-order valence-corrected chi connectivity index (χ3v) is 3.17. The zero-order valence-corrected chi connectivity index (χ0v) is 9.93. The van der Waals surface area contributed by atoms with Gasteiger partial charge in [-0.15, -0.1) is 0 Å². The maximum Gasteiger partial charge on any atom is 0.0733 e. The molecule has 0 aliphatic heterocycles. The summed E-state index contributed by atoms with van der Waals surface area (Å²) in [4.78, 5) is 5.57. The molecule has 0 atom stereocenters. The van der Waals surface area contributed by atoms with Crippen molar-refractivity contribution >= 4 is 32.5 Å². The van der Waals surface area contributed by atoms with Gasteiger partial charge in [0.15, 0.2) is 0 Å². The number of hydrogen-bond acceptors (Lipinski definition) is 1. The molecule has 0 amide bonds. The van der Waals surface area contributed by atoms with Crippen molar-refractivity contribution in [3.05, 3.63) is 30.0 Å². The summed E-state index contributed by atoms with van der Waals surface area (Å²) in [5, 5.41) is 1.28. The van der Waals surface area contributed by atoms with Crippen molar-refractivity contribution in [3.8, 4) is 0 Å². The van der Waals surface area contributed by atoms with Crippen LogP contribution in [0.2, 0.25) is 0 Å². The van der Waals surface area contributed by atoms with Gasteiger partial charge in [0.25, 0.3) is 0 Å². The third-order valence-electron chi connectivity index (χ3n) is 2.42. The number of aryl methyl sites for hydroxylation is 1. The standard InChI is InChI=1S/C11H13BrN2/c1-8-11(14(2)7-12)9-5-3-4-6-10(9)13-8/h3-6,13H,7H2,1-2H3. The molecule has 0 saturated heterocycles. The van der Waals surface area contributed by atoms with Crippen LogP contribution in [-0.4, -0.2) is 17.5 Å². The SMILES string of the molecule is Cc1[nH]c2ccccc2c1N(C)CBr. The van der Waals surface area contributed by atoms with Gasteiger partial charge in [-0.05, 0) is 13.0 Å². The lowest BCUT2D eigenvalue weighted by atomic mass is 10.2. The number of hydrogen-bond donors (Lipinski definition) is 1. The van der Waals surface area contributed by atoms with Crippen LogP contribution in [0.4, 0.5) is 5.69 Å². The number of aromatic amines is 1. The first-order chi connectivity index (χ1) is 6.74. The first-order valence-electron chi connectivity index (χ1n) is 4.58. The molecule has 0 bridgehead atoms. The number of alkyl halides is 1. The smallest absolute Gasteiger partial charge is 0.0733 e. The second-order valence-electron chi connectivity index (χ2n) is 3.46. The van der Waals surface area contributed by atoms with Crippen LogP contribution >= 0.6 is 15.9 Å². The van der Waals surface area contributed by atoms with Crippen LogP contribution in [0, 0.1) is 6.92 Å². The van der Waals surface area contributed by atoms with E-state index in [1.807, 2.05) is 0 Å². The normalized spacial score (nSPS) is 10.8. The first kappa shape index (κ1) is 9.59. The van der Waals surface area contributed by atoms with E-state index in [1.165, 1.54) is 22.3 Å². The molecule has 14 heavy (non-hydrogen) atoms. The monoisotopic (exact) mass is 252 g/mol. The van der Waals surface area contributed by atoms with Crippen LogP contribution in [0.5, 0.6) is 0 Å². The number of nitrogens with one attached hydrogen (secondary N) is 1. The molecule has 1 N–H and O–H groups in total. The second-order valence-corrected chi connectivity index (χ2v) is 3.96. The summed E-state index contributed by atoms with van der Waals surface area (Å²) in [5.41, 5.74) is 4.54. The zero-order valence-electron chi connectivity index (χ0n) is 8.34. The van der Waals surface area contributed by atoms with Gasteiger partial charge in [0, 0.05) is 23.6 Å². The number of anilines is 1. The molecular formula is C11H13BrN2. The van der Waals surface area contributed by atoms with Gasteiger partial charge in [0.1, 0.15) is 0 Å². The lowest BCUT2D eigenvalue weighted by molar-refractivity contribution is 1.09. The van der Waals surface area contributed by atoms with E-state index in [4.69, 9.17) is 0 Å². The van der Waals surface area contributed by atoms with Crippen molar-refractivity contribution in [2.45, 2.75) is 6.92 Å². The highest BCUT2D eigenvalue weighted by atomic mass is 79.9. The van der Waals surface area contributed by atoms with E-state index in [1.54, 1.807) is 0 Å². The summed E-state index contributed by atoms with van der Waals surface area (Å²) in [6.07, 6.45) is 0. The summed E-state index contributed by atoms with van der Waals surface area (Å²) in [6.45, 7) is 2.11. The Labute approximate surface area is 92.0 Å². The van der Waals surface area contributed by atoms with Crippen LogP contribution in [0.15, 0.2) is 24.3 Å². The number of benzene rings is 1. The van der Waals surface area contributed by atoms with Gasteiger partial charge in [-0.1, -0.05) is 34.1 Å². The molecule has 0 spiro atoms. The van der Waals surface area contributed by atoms with Gasteiger partial charge in [-0.3, -0.25) is 0 Å². The van der Waals surface area contributed by atoms with Crippen LogP contribution in [0.1, 0.15) is 5.69 Å². The minimum atomic E-state index is 0.843. The molecule has 1 heterocycles. The second kappa shape index (κ2) is 3.65. The predicted molar refractivity (Wildman–Crippen MR) is 65.2 cm³/mol. The largest absolute Gasteiger partial charge is 0.363 e. The third kappa shape index (κ3) is 1.42. The van der Waals surface area contributed by atoms with Gasteiger partial charge in [0.2, 0.25) is 0 Å². The molecule has 0 aliphatic carbocycles. The van der Waals surface area contributed by atoms with E-state index in [0.29, 0.717) is 0 Å². The van der Waals surface area contributed by atoms with E-state index < -0.39 is 0 Å². The molecule has 74 valence electrons. The Morgan fingerprint density at radius 2 is 2.07 bits per heavy atom. The zero-order chi connectivity index (χ0) is 10.1. The molecular weight excluding hydrogens is 240 g/mol. The average Bonchev–Trinajstić information content (AvgIpc) is 2.53. The molecule has 2 aromatic rings. The number of para-hydroxylation sites is 1. The van der Waals surface area contributed by atoms with Gasteiger partial charge >= 0.3 is 0 Å². The van der Waals surface area contributed by atoms with E-state index >= 15 is 0 Å². The number of fused-ring (bicyclic) bond motifs is 1. The van der Waals surface area contributed by atoms with Crippen LogP contribution in [-0.2, 0) is 0 Å². The number of nitrogens with zero attached hydrogens (tertiary/aromatic N) is 1. The first-order valence-corrected chi connectivity index (χ1v) is 5.70. The van der Waals surface area contributed by atoms with E-state index in [0.717, 1.165) is 5.45 Å². The van der Waals surface area contributed by atoms with Gasteiger partial charge < -0.3 is 9.88 Å². The van der Waals surface area contributed by atoms with E-state index in [-0.39, 0.29) is 0 Å². The fourth-order valence-corrected chi connectivity index (χ4v) is 2.06. The molecule has 2 nitrogen and oxygen atoms in total. The topological polar surface area (TPSA) is 19.0 Å². The number of aromatic nitrogens is 1. The average molecular weight is 253 g/mol. The maximum atomic E-state index is 3.47. The number of halogens is 1. The molecule has 0 aliphatic rings. The van der Waals surface area contributed by atoms with Gasteiger partial charge in [-0.2, -0.15) is 0 Å². The lowest BCUT2D eigenvalue weighted by Gasteiger charge is -2.15. The summed E-state index contributed by atoms with van der Waals surface area (Å²) in [5.74, 6) is 0. The Balaban J connectivity index is 2.67. The van der Waals surface area contributed by atoms with Gasteiger partial charge in [-0.25, -0.2) is 0 Å². The Morgan fingerprint density at radius 1 is 1.36 bits per heavy atom. The Morgan fingerprint density at radius 3 is 2.79 bits per heavy atom. The molecule has 1 aromatic heterocycles. The fraction of sp³-hybridized carbons (Fsp3) is 0.273. The van der Waals surface area contributed by atoms with Crippen molar-refractivity contribution in [1.29, 1.82) is 0 Å². The highest BCUT2D eigenvalue weighted by molar-refractivity contribution is 9.09. The van der Waals surface area contributed by atoms with E-state index in [2.05, 4.69) is 64.1 Å². The van der Waals surface area contributed by atoms with Crippen LogP contribution in [0.3, 0.4) is 0 Å². The van der Waals surface area contributed by atoms with Crippen LogP contribution in [0.25, 0.3) is 10.9 Å².